The highest BCUT2D eigenvalue weighted by Crippen LogP contribution is 2.26. The Morgan fingerprint density at radius 3 is 2.89 bits per heavy atom. The highest BCUT2D eigenvalue weighted by atomic mass is 15.2. The van der Waals surface area contributed by atoms with Crippen LogP contribution >= 0.6 is 0 Å². The zero-order valence-corrected chi connectivity index (χ0v) is 15.7. The zero-order valence-electron chi connectivity index (χ0n) is 15.7. The molecule has 2 aliphatic rings. The Bertz CT molecular complexity index is 957. The van der Waals surface area contributed by atoms with Gasteiger partial charge in [0.15, 0.2) is 0 Å². The molecule has 2 atom stereocenters. The molecule has 0 amide bonds. The molecule has 2 aromatic heterocycles. The lowest BCUT2D eigenvalue weighted by molar-refractivity contribution is 0.659. The molecule has 0 aliphatic carbocycles. The van der Waals surface area contributed by atoms with Crippen molar-refractivity contribution in [1.82, 2.24) is 9.97 Å². The minimum atomic E-state index is -0.446. The van der Waals surface area contributed by atoms with E-state index >= 15 is 0 Å². The van der Waals surface area contributed by atoms with Gasteiger partial charge in [-0.05, 0) is 30.5 Å². The number of rotatable bonds is 4. The van der Waals surface area contributed by atoms with Gasteiger partial charge in [-0.15, -0.1) is 0 Å². The van der Waals surface area contributed by atoms with Gasteiger partial charge in [0.05, 0.1) is 23.2 Å². The molecule has 0 bridgehead atoms. The second kappa shape index (κ2) is 7.64. The van der Waals surface area contributed by atoms with E-state index in [4.69, 9.17) is 5.73 Å². The molecule has 2 unspecified atom stereocenters. The SMILES string of the molecule is CC1CCN(c2ncc(C3=NC(Nc4ccc(N)nc4)N=CC3)cc2C#N)C1. The molecular formula is C20H22N8. The number of aliphatic imine (C=N–C) groups is 2. The quantitative estimate of drug-likeness (QED) is 0.849. The van der Waals surface area contributed by atoms with Crippen LogP contribution in [0.3, 0.4) is 0 Å². The molecule has 28 heavy (non-hydrogen) atoms. The van der Waals surface area contributed by atoms with E-state index in [9.17, 15) is 5.26 Å². The Morgan fingerprint density at radius 1 is 1.29 bits per heavy atom. The summed E-state index contributed by atoms with van der Waals surface area (Å²) in [5.74, 6) is 1.86. The molecule has 4 heterocycles. The highest BCUT2D eigenvalue weighted by molar-refractivity contribution is 6.08. The Kier molecular flexibility index (Phi) is 4.89. The standard InChI is InChI=1S/C20H22N8/c1-13-5-7-28(12-13)19-14(9-21)8-15(10-25-19)17-4-6-23-20(27-17)26-16-2-3-18(22)24-11-16/h2-3,6,8,10-11,13,20,26H,4-5,7,12H2,1H3,(H2,22,24). The van der Waals surface area contributed by atoms with Crippen molar-refractivity contribution < 1.29 is 0 Å². The lowest BCUT2D eigenvalue weighted by Gasteiger charge is -2.20. The van der Waals surface area contributed by atoms with Crippen LogP contribution in [-0.4, -0.2) is 41.3 Å². The Balaban J connectivity index is 1.55. The Labute approximate surface area is 163 Å². The molecule has 8 heteroatoms. The van der Waals surface area contributed by atoms with Gasteiger partial charge < -0.3 is 16.0 Å². The number of pyridine rings is 2. The average Bonchev–Trinajstić information content (AvgIpc) is 3.15. The molecule has 0 saturated carbocycles. The zero-order chi connectivity index (χ0) is 19.5. The number of hydrogen-bond acceptors (Lipinski definition) is 8. The number of nitrogens with two attached hydrogens (primary N) is 1. The second-order valence-corrected chi connectivity index (χ2v) is 7.15. The first-order valence-electron chi connectivity index (χ1n) is 9.34. The fourth-order valence-electron chi connectivity index (χ4n) is 3.45. The molecule has 3 N–H and O–H groups in total. The molecule has 2 aromatic rings. The molecule has 8 nitrogen and oxygen atoms in total. The number of aromatic nitrogens is 2. The van der Waals surface area contributed by atoms with Crippen LogP contribution < -0.4 is 16.0 Å². The molecule has 2 aliphatic heterocycles. The largest absolute Gasteiger partial charge is 0.384 e. The summed E-state index contributed by atoms with van der Waals surface area (Å²) in [6, 6.07) is 7.73. The van der Waals surface area contributed by atoms with Crippen LogP contribution in [0.15, 0.2) is 40.6 Å². The summed E-state index contributed by atoms with van der Waals surface area (Å²) in [7, 11) is 0. The van der Waals surface area contributed by atoms with E-state index in [0.29, 0.717) is 23.7 Å². The van der Waals surface area contributed by atoms with Crippen molar-refractivity contribution in [2.75, 3.05) is 29.0 Å². The fourth-order valence-corrected chi connectivity index (χ4v) is 3.45. The number of nitrogens with zero attached hydrogens (tertiary/aromatic N) is 6. The van der Waals surface area contributed by atoms with Crippen LogP contribution in [0.5, 0.6) is 0 Å². The second-order valence-electron chi connectivity index (χ2n) is 7.15. The third kappa shape index (κ3) is 3.78. The Morgan fingerprint density at radius 2 is 2.18 bits per heavy atom. The van der Waals surface area contributed by atoms with Crippen LogP contribution in [0.25, 0.3) is 0 Å². The van der Waals surface area contributed by atoms with E-state index in [1.54, 1.807) is 18.5 Å². The van der Waals surface area contributed by atoms with Crippen molar-refractivity contribution in [1.29, 1.82) is 5.26 Å². The van der Waals surface area contributed by atoms with Gasteiger partial charge in [0.25, 0.3) is 0 Å². The number of hydrogen-bond donors (Lipinski definition) is 2. The number of nitrogen functional groups attached to an aromatic ring is 1. The van der Waals surface area contributed by atoms with Gasteiger partial charge >= 0.3 is 0 Å². The maximum absolute atomic E-state index is 9.62. The molecule has 1 fully saturated rings. The van der Waals surface area contributed by atoms with Crippen LogP contribution in [0.1, 0.15) is 30.9 Å². The molecular weight excluding hydrogens is 352 g/mol. The van der Waals surface area contributed by atoms with Crippen molar-refractivity contribution >= 4 is 29.2 Å². The van der Waals surface area contributed by atoms with Crippen molar-refractivity contribution in [3.05, 3.63) is 41.7 Å². The van der Waals surface area contributed by atoms with Gasteiger partial charge in [-0.2, -0.15) is 5.26 Å². The number of anilines is 3. The van der Waals surface area contributed by atoms with Crippen molar-refractivity contribution in [2.24, 2.45) is 15.9 Å². The summed E-state index contributed by atoms with van der Waals surface area (Å²) in [5.41, 5.74) is 8.69. The summed E-state index contributed by atoms with van der Waals surface area (Å²) >= 11 is 0. The minimum Gasteiger partial charge on any atom is -0.384 e. The van der Waals surface area contributed by atoms with Crippen molar-refractivity contribution in [2.45, 2.75) is 26.1 Å². The van der Waals surface area contributed by atoms with Crippen LogP contribution in [0, 0.1) is 17.2 Å². The summed E-state index contributed by atoms with van der Waals surface area (Å²) in [5, 5.41) is 12.8. The molecule has 142 valence electrons. The van der Waals surface area contributed by atoms with Crippen molar-refractivity contribution in [3.63, 3.8) is 0 Å². The van der Waals surface area contributed by atoms with Crippen molar-refractivity contribution in [3.8, 4) is 6.07 Å². The highest BCUT2D eigenvalue weighted by Gasteiger charge is 2.23. The predicted octanol–water partition coefficient (Wildman–Crippen LogP) is 2.44. The van der Waals surface area contributed by atoms with E-state index < -0.39 is 6.29 Å². The van der Waals surface area contributed by atoms with Crippen LogP contribution in [0.4, 0.5) is 17.3 Å². The first-order valence-corrected chi connectivity index (χ1v) is 9.34. The van der Waals surface area contributed by atoms with Gasteiger partial charge in [-0.25, -0.2) is 15.0 Å². The average molecular weight is 374 g/mol. The molecule has 0 aromatic carbocycles. The molecule has 4 rings (SSSR count). The molecule has 0 radical (unpaired) electrons. The van der Waals surface area contributed by atoms with Crippen LogP contribution in [0.2, 0.25) is 0 Å². The summed E-state index contributed by atoms with van der Waals surface area (Å²) < 4.78 is 0. The lowest BCUT2D eigenvalue weighted by atomic mass is 10.1. The van der Waals surface area contributed by atoms with E-state index in [1.807, 2.05) is 18.3 Å². The van der Waals surface area contributed by atoms with E-state index in [0.717, 1.165) is 42.3 Å². The Hall–Kier alpha value is -3.47. The summed E-state index contributed by atoms with van der Waals surface area (Å²) in [6.45, 7) is 4.11. The first-order chi connectivity index (χ1) is 13.6. The number of nitriles is 1. The first kappa shape index (κ1) is 17.9. The maximum Gasteiger partial charge on any atom is 0.213 e. The van der Waals surface area contributed by atoms with Gasteiger partial charge in [0.1, 0.15) is 17.7 Å². The minimum absolute atomic E-state index is 0.446. The topological polar surface area (TPSA) is 116 Å². The third-order valence-electron chi connectivity index (χ3n) is 4.94. The monoisotopic (exact) mass is 374 g/mol. The van der Waals surface area contributed by atoms with Gasteiger partial charge in [-0.3, -0.25) is 4.99 Å². The van der Waals surface area contributed by atoms with Gasteiger partial charge in [-0.1, -0.05) is 6.92 Å². The van der Waals surface area contributed by atoms with Gasteiger partial charge in [0.2, 0.25) is 6.29 Å². The van der Waals surface area contributed by atoms with E-state index in [-0.39, 0.29) is 0 Å². The fraction of sp³-hybridized carbons (Fsp3) is 0.350. The normalized spacial score (nSPS) is 21.3. The predicted molar refractivity (Wildman–Crippen MR) is 111 cm³/mol. The van der Waals surface area contributed by atoms with Crippen LogP contribution in [-0.2, 0) is 0 Å². The number of nitrogens with one attached hydrogen (secondary N) is 1. The summed E-state index contributed by atoms with van der Waals surface area (Å²) in [6.07, 6.45) is 6.57. The smallest absolute Gasteiger partial charge is 0.213 e. The lowest BCUT2D eigenvalue weighted by Crippen LogP contribution is -2.23. The van der Waals surface area contributed by atoms with E-state index in [1.165, 1.54) is 0 Å². The summed E-state index contributed by atoms with van der Waals surface area (Å²) in [4.78, 5) is 19.9. The van der Waals surface area contributed by atoms with Gasteiger partial charge in [0, 0.05) is 37.5 Å². The van der Waals surface area contributed by atoms with E-state index in [2.05, 4.69) is 43.2 Å². The maximum atomic E-state index is 9.62. The molecule has 0 spiro atoms. The molecule has 1 saturated heterocycles. The third-order valence-corrected chi connectivity index (χ3v) is 4.94.